The van der Waals surface area contributed by atoms with E-state index >= 15 is 0 Å². The van der Waals surface area contributed by atoms with Crippen molar-refractivity contribution >= 4 is 12.4 Å². The maximum absolute atomic E-state index is 6.09. The molecule has 1 heterocycles. The fourth-order valence-corrected chi connectivity index (χ4v) is 3.94. The number of aryl methyl sites for hydroxylation is 2. The molecule has 0 spiro atoms. The van der Waals surface area contributed by atoms with Crippen LogP contribution in [0.3, 0.4) is 0 Å². The van der Waals surface area contributed by atoms with Crippen LogP contribution in [0.1, 0.15) is 42.4 Å². The van der Waals surface area contributed by atoms with Crippen LogP contribution in [0.2, 0.25) is 0 Å². The number of ether oxygens (including phenoxy) is 1. The van der Waals surface area contributed by atoms with Crippen LogP contribution in [0.25, 0.3) is 0 Å². The topological polar surface area (TPSA) is 21.3 Å². The van der Waals surface area contributed by atoms with Crippen molar-refractivity contribution in [1.82, 2.24) is 5.32 Å². The van der Waals surface area contributed by atoms with Crippen LogP contribution >= 0.6 is 12.4 Å². The van der Waals surface area contributed by atoms with Gasteiger partial charge in [-0.15, -0.1) is 12.4 Å². The molecule has 2 fully saturated rings. The highest BCUT2D eigenvalue weighted by Gasteiger charge is 2.45. The molecule has 2 aliphatic rings. The molecule has 3 rings (SSSR count). The molecular formula is C16H24ClNO. The molecule has 0 bridgehead atoms. The molecule has 2 atom stereocenters. The van der Waals surface area contributed by atoms with Gasteiger partial charge in [0, 0.05) is 6.54 Å². The van der Waals surface area contributed by atoms with Gasteiger partial charge >= 0.3 is 0 Å². The third kappa shape index (κ3) is 2.42. The van der Waals surface area contributed by atoms with Crippen molar-refractivity contribution in [3.05, 3.63) is 34.9 Å². The van der Waals surface area contributed by atoms with Gasteiger partial charge in [0.15, 0.2) is 0 Å². The molecule has 0 radical (unpaired) electrons. The van der Waals surface area contributed by atoms with Gasteiger partial charge in [-0.05, 0) is 43.4 Å². The summed E-state index contributed by atoms with van der Waals surface area (Å²) >= 11 is 0. The average molecular weight is 282 g/mol. The predicted molar refractivity (Wildman–Crippen MR) is 81.1 cm³/mol. The Labute approximate surface area is 122 Å². The second-order valence-corrected chi connectivity index (χ2v) is 5.77. The minimum atomic E-state index is 0. The zero-order valence-corrected chi connectivity index (χ0v) is 12.7. The zero-order valence-electron chi connectivity index (χ0n) is 11.9. The first-order valence-corrected chi connectivity index (χ1v) is 7.17. The molecule has 1 saturated carbocycles. The van der Waals surface area contributed by atoms with E-state index in [4.69, 9.17) is 4.74 Å². The Morgan fingerprint density at radius 3 is 2.68 bits per heavy atom. The van der Waals surface area contributed by atoms with Gasteiger partial charge in [-0.25, -0.2) is 0 Å². The summed E-state index contributed by atoms with van der Waals surface area (Å²) in [7, 11) is 0. The summed E-state index contributed by atoms with van der Waals surface area (Å²) < 4.78 is 6.09. The molecule has 0 amide bonds. The minimum absolute atomic E-state index is 0. The van der Waals surface area contributed by atoms with E-state index in [1.54, 1.807) is 0 Å². The van der Waals surface area contributed by atoms with Crippen LogP contribution in [0.5, 0.6) is 0 Å². The van der Waals surface area contributed by atoms with Crippen molar-refractivity contribution in [3.8, 4) is 0 Å². The van der Waals surface area contributed by atoms with Gasteiger partial charge in [0.25, 0.3) is 0 Å². The molecule has 1 aliphatic carbocycles. The highest BCUT2D eigenvalue weighted by Crippen LogP contribution is 2.43. The third-order valence-corrected chi connectivity index (χ3v) is 4.63. The monoisotopic (exact) mass is 281 g/mol. The molecule has 106 valence electrons. The highest BCUT2D eigenvalue weighted by atomic mass is 35.5. The summed E-state index contributed by atoms with van der Waals surface area (Å²) in [6.45, 7) is 6.31. The summed E-state index contributed by atoms with van der Waals surface area (Å²) in [5, 5.41) is 3.81. The zero-order chi connectivity index (χ0) is 12.6. The predicted octanol–water partition coefficient (Wildman–Crippen LogP) is 3.48. The van der Waals surface area contributed by atoms with Crippen LogP contribution in [0, 0.1) is 13.8 Å². The number of hydrogen-bond donors (Lipinski definition) is 1. The van der Waals surface area contributed by atoms with Crippen LogP contribution in [-0.2, 0) is 10.3 Å². The molecule has 1 aromatic rings. The van der Waals surface area contributed by atoms with E-state index in [2.05, 4.69) is 37.4 Å². The first kappa shape index (κ1) is 14.8. The number of fused-ring (bicyclic) bond motifs is 1. The van der Waals surface area contributed by atoms with E-state index in [1.165, 1.54) is 42.4 Å². The van der Waals surface area contributed by atoms with Crippen LogP contribution in [-0.4, -0.2) is 19.3 Å². The molecule has 1 saturated heterocycles. The second kappa shape index (κ2) is 5.82. The number of rotatable bonds is 1. The van der Waals surface area contributed by atoms with Gasteiger partial charge in [0.2, 0.25) is 0 Å². The Kier molecular flexibility index (Phi) is 4.54. The summed E-state index contributed by atoms with van der Waals surface area (Å²) in [5.41, 5.74) is 4.38. The van der Waals surface area contributed by atoms with Crippen molar-refractivity contribution in [1.29, 1.82) is 0 Å². The summed E-state index contributed by atoms with van der Waals surface area (Å²) in [4.78, 5) is 0. The maximum Gasteiger partial charge on any atom is 0.0799 e. The smallest absolute Gasteiger partial charge is 0.0799 e. The van der Waals surface area contributed by atoms with E-state index in [0.29, 0.717) is 6.10 Å². The van der Waals surface area contributed by atoms with Gasteiger partial charge in [0.1, 0.15) is 0 Å². The van der Waals surface area contributed by atoms with Gasteiger partial charge in [-0.1, -0.05) is 31.0 Å². The molecule has 3 heteroatoms. The fourth-order valence-electron chi connectivity index (χ4n) is 3.94. The largest absolute Gasteiger partial charge is 0.375 e. The van der Waals surface area contributed by atoms with Gasteiger partial charge in [-0.3, -0.25) is 0 Å². The van der Waals surface area contributed by atoms with Gasteiger partial charge < -0.3 is 10.1 Å². The number of benzene rings is 1. The normalized spacial score (nSPS) is 30.3. The Balaban J connectivity index is 0.00000133. The second-order valence-electron chi connectivity index (χ2n) is 5.77. The molecule has 1 aliphatic heterocycles. The molecule has 0 aromatic heterocycles. The molecule has 2 nitrogen and oxygen atoms in total. The van der Waals surface area contributed by atoms with Gasteiger partial charge in [-0.2, -0.15) is 0 Å². The van der Waals surface area contributed by atoms with E-state index in [0.717, 1.165) is 13.2 Å². The van der Waals surface area contributed by atoms with Crippen molar-refractivity contribution < 1.29 is 4.74 Å². The van der Waals surface area contributed by atoms with Crippen molar-refractivity contribution in [2.45, 2.75) is 51.2 Å². The number of hydrogen-bond acceptors (Lipinski definition) is 2. The Bertz CT molecular complexity index is 414. The lowest BCUT2D eigenvalue weighted by molar-refractivity contribution is -0.0761. The lowest BCUT2D eigenvalue weighted by Crippen LogP contribution is -2.59. The first-order chi connectivity index (χ1) is 8.74. The van der Waals surface area contributed by atoms with Gasteiger partial charge in [0.05, 0.1) is 18.2 Å². The van der Waals surface area contributed by atoms with E-state index in [-0.39, 0.29) is 17.9 Å². The van der Waals surface area contributed by atoms with E-state index in [9.17, 15) is 0 Å². The summed E-state index contributed by atoms with van der Waals surface area (Å²) in [6.07, 6.45) is 5.38. The molecule has 2 unspecified atom stereocenters. The summed E-state index contributed by atoms with van der Waals surface area (Å²) in [5.74, 6) is 0. The Hall–Kier alpha value is -0.570. The summed E-state index contributed by atoms with van der Waals surface area (Å²) in [6, 6.07) is 6.63. The SMILES string of the molecule is Cc1cccc(C)c1C12CCCCC1OCCN2.Cl. The fraction of sp³-hybridized carbons (Fsp3) is 0.625. The quantitative estimate of drug-likeness (QED) is 0.851. The maximum atomic E-state index is 6.09. The number of nitrogens with one attached hydrogen (secondary N) is 1. The highest BCUT2D eigenvalue weighted by molar-refractivity contribution is 5.85. The number of halogens is 1. The average Bonchev–Trinajstić information content (AvgIpc) is 2.38. The molecule has 19 heavy (non-hydrogen) atoms. The number of morpholine rings is 1. The van der Waals surface area contributed by atoms with Crippen LogP contribution in [0.15, 0.2) is 18.2 Å². The molecule has 1 N–H and O–H groups in total. The lowest BCUT2D eigenvalue weighted by Gasteiger charge is -2.49. The standard InChI is InChI=1S/C16H23NO.ClH/c1-12-6-5-7-13(2)15(12)16-9-4-3-8-14(16)18-11-10-17-16;/h5-7,14,17H,3-4,8-11H2,1-2H3;1H. The first-order valence-electron chi connectivity index (χ1n) is 7.17. The molecule has 1 aromatic carbocycles. The van der Waals surface area contributed by atoms with Crippen molar-refractivity contribution in [2.75, 3.05) is 13.2 Å². The Morgan fingerprint density at radius 1 is 1.21 bits per heavy atom. The third-order valence-electron chi connectivity index (χ3n) is 4.63. The molecular weight excluding hydrogens is 258 g/mol. The van der Waals surface area contributed by atoms with E-state index in [1.807, 2.05) is 0 Å². The lowest BCUT2D eigenvalue weighted by atomic mass is 9.71. The Morgan fingerprint density at radius 2 is 1.95 bits per heavy atom. The minimum Gasteiger partial charge on any atom is -0.375 e. The van der Waals surface area contributed by atoms with Crippen LogP contribution < -0.4 is 5.32 Å². The van der Waals surface area contributed by atoms with Crippen LogP contribution in [0.4, 0.5) is 0 Å². The van der Waals surface area contributed by atoms with Crippen molar-refractivity contribution in [2.24, 2.45) is 0 Å². The van der Waals surface area contributed by atoms with E-state index < -0.39 is 0 Å². The van der Waals surface area contributed by atoms with Crippen molar-refractivity contribution in [3.63, 3.8) is 0 Å².